The fourth-order valence-corrected chi connectivity index (χ4v) is 1.53. The van der Waals surface area contributed by atoms with Gasteiger partial charge in [0, 0.05) is 13.2 Å². The molecule has 1 N–H and O–H groups in total. The zero-order valence-electron chi connectivity index (χ0n) is 10.9. The van der Waals surface area contributed by atoms with Crippen molar-refractivity contribution in [3.63, 3.8) is 0 Å². The van der Waals surface area contributed by atoms with Crippen LogP contribution in [0.1, 0.15) is 41.0 Å². The normalized spacial score (nSPS) is 14.2. The second-order valence-electron chi connectivity index (χ2n) is 4.20. The van der Waals surface area contributed by atoms with Crippen LogP contribution in [-0.2, 0) is 9.47 Å². The Bertz CT molecular complexity index is 141. The highest BCUT2D eigenvalue weighted by Crippen LogP contribution is 2.15. The Morgan fingerprint density at radius 2 is 1.80 bits per heavy atom. The Balaban J connectivity index is 4.17. The van der Waals surface area contributed by atoms with Gasteiger partial charge in [-0.25, -0.2) is 0 Å². The largest absolute Gasteiger partial charge is 0.380 e. The summed E-state index contributed by atoms with van der Waals surface area (Å²) in [5.74, 6) is 0. The molecular formula is C12H27NO2. The van der Waals surface area contributed by atoms with Gasteiger partial charge in [0.15, 0.2) is 0 Å². The second-order valence-corrected chi connectivity index (χ2v) is 4.20. The van der Waals surface area contributed by atoms with Gasteiger partial charge in [0.1, 0.15) is 0 Å². The van der Waals surface area contributed by atoms with Gasteiger partial charge in [0.05, 0.1) is 18.2 Å². The Morgan fingerprint density at radius 3 is 2.27 bits per heavy atom. The van der Waals surface area contributed by atoms with E-state index in [1.165, 1.54) is 0 Å². The minimum absolute atomic E-state index is 0.168. The molecule has 0 spiro atoms. The molecule has 0 amide bonds. The molecule has 0 saturated carbocycles. The number of nitrogens with one attached hydrogen (secondary N) is 1. The van der Waals surface area contributed by atoms with Crippen molar-refractivity contribution >= 4 is 0 Å². The average Bonchev–Trinajstić information content (AvgIpc) is 2.17. The maximum atomic E-state index is 5.74. The minimum atomic E-state index is -0.168. The van der Waals surface area contributed by atoms with Gasteiger partial charge in [-0.3, -0.25) is 0 Å². The molecule has 1 unspecified atom stereocenters. The third-order valence-corrected chi connectivity index (χ3v) is 2.48. The molecule has 3 nitrogen and oxygen atoms in total. The molecule has 0 aliphatic carbocycles. The van der Waals surface area contributed by atoms with Crippen molar-refractivity contribution in [3.8, 4) is 0 Å². The molecule has 0 saturated heterocycles. The molecule has 15 heavy (non-hydrogen) atoms. The van der Waals surface area contributed by atoms with Crippen molar-refractivity contribution in [1.82, 2.24) is 5.32 Å². The summed E-state index contributed by atoms with van der Waals surface area (Å²) in [6.07, 6.45) is 1.13. The van der Waals surface area contributed by atoms with Crippen LogP contribution < -0.4 is 5.32 Å². The van der Waals surface area contributed by atoms with Crippen LogP contribution in [0.15, 0.2) is 0 Å². The maximum Gasteiger partial charge on any atom is 0.0801 e. The Kier molecular flexibility index (Phi) is 8.02. The fourth-order valence-electron chi connectivity index (χ4n) is 1.53. The Labute approximate surface area is 94.5 Å². The van der Waals surface area contributed by atoms with E-state index in [0.29, 0.717) is 6.61 Å². The lowest BCUT2D eigenvalue weighted by Gasteiger charge is -2.34. The van der Waals surface area contributed by atoms with Crippen molar-refractivity contribution in [2.45, 2.75) is 52.7 Å². The van der Waals surface area contributed by atoms with Crippen LogP contribution in [0.5, 0.6) is 0 Å². The monoisotopic (exact) mass is 217 g/mol. The van der Waals surface area contributed by atoms with E-state index in [-0.39, 0.29) is 11.6 Å². The Hall–Kier alpha value is -0.120. The van der Waals surface area contributed by atoms with Gasteiger partial charge < -0.3 is 14.8 Å². The number of hydrogen-bond donors (Lipinski definition) is 1. The lowest BCUT2D eigenvalue weighted by molar-refractivity contribution is -0.0590. The smallest absolute Gasteiger partial charge is 0.0801 e. The summed E-state index contributed by atoms with van der Waals surface area (Å²) in [4.78, 5) is 0. The van der Waals surface area contributed by atoms with Gasteiger partial charge in [-0.2, -0.15) is 0 Å². The van der Waals surface area contributed by atoms with Crippen LogP contribution in [0, 0.1) is 0 Å². The van der Waals surface area contributed by atoms with Gasteiger partial charge in [0.2, 0.25) is 0 Å². The van der Waals surface area contributed by atoms with E-state index in [4.69, 9.17) is 9.47 Å². The molecule has 0 aliphatic heterocycles. The molecule has 92 valence electrons. The van der Waals surface area contributed by atoms with Gasteiger partial charge >= 0.3 is 0 Å². The average molecular weight is 217 g/mol. The standard InChI is InChI=1S/C12H27NO2/c1-6-9-13-11(10-14-7-2)12(4,5)15-8-3/h11,13H,6-10H2,1-5H3. The van der Waals surface area contributed by atoms with Crippen molar-refractivity contribution in [2.24, 2.45) is 0 Å². The molecule has 3 heteroatoms. The quantitative estimate of drug-likeness (QED) is 0.642. The molecule has 0 bridgehead atoms. The van der Waals surface area contributed by atoms with Crippen LogP contribution in [-0.4, -0.2) is 38.0 Å². The van der Waals surface area contributed by atoms with Gasteiger partial charge in [-0.1, -0.05) is 6.92 Å². The Morgan fingerprint density at radius 1 is 1.13 bits per heavy atom. The first-order chi connectivity index (χ1) is 7.08. The van der Waals surface area contributed by atoms with Crippen LogP contribution in [0.25, 0.3) is 0 Å². The van der Waals surface area contributed by atoms with Crippen molar-refractivity contribution in [2.75, 3.05) is 26.4 Å². The van der Waals surface area contributed by atoms with E-state index in [1.807, 2.05) is 13.8 Å². The molecule has 0 fully saturated rings. The van der Waals surface area contributed by atoms with E-state index in [0.717, 1.165) is 26.2 Å². The van der Waals surface area contributed by atoms with Gasteiger partial charge in [0.25, 0.3) is 0 Å². The van der Waals surface area contributed by atoms with Gasteiger partial charge in [-0.05, 0) is 40.7 Å². The first-order valence-electron chi connectivity index (χ1n) is 6.03. The van der Waals surface area contributed by atoms with Crippen LogP contribution in [0.2, 0.25) is 0 Å². The third-order valence-electron chi connectivity index (χ3n) is 2.48. The van der Waals surface area contributed by atoms with Crippen LogP contribution in [0.3, 0.4) is 0 Å². The lowest BCUT2D eigenvalue weighted by atomic mass is 9.99. The third kappa shape index (κ3) is 6.13. The highest BCUT2D eigenvalue weighted by Gasteiger charge is 2.29. The van der Waals surface area contributed by atoms with E-state index >= 15 is 0 Å². The highest BCUT2D eigenvalue weighted by molar-refractivity contribution is 4.85. The molecule has 0 aromatic rings. The second kappa shape index (κ2) is 8.08. The lowest BCUT2D eigenvalue weighted by Crippen LogP contribution is -2.51. The molecule has 0 aliphatic rings. The van der Waals surface area contributed by atoms with E-state index in [9.17, 15) is 0 Å². The maximum absolute atomic E-state index is 5.74. The zero-order valence-corrected chi connectivity index (χ0v) is 10.9. The molecule has 1 atom stereocenters. The topological polar surface area (TPSA) is 30.5 Å². The molecule has 0 rings (SSSR count). The SMILES string of the molecule is CCCNC(COCC)C(C)(C)OCC. The molecule has 0 aromatic carbocycles. The molecular weight excluding hydrogens is 190 g/mol. The summed E-state index contributed by atoms with van der Waals surface area (Å²) in [5, 5.41) is 3.48. The molecule has 0 aromatic heterocycles. The molecule has 0 radical (unpaired) electrons. The van der Waals surface area contributed by atoms with Gasteiger partial charge in [-0.15, -0.1) is 0 Å². The first kappa shape index (κ1) is 14.9. The minimum Gasteiger partial charge on any atom is -0.380 e. The van der Waals surface area contributed by atoms with Crippen molar-refractivity contribution in [3.05, 3.63) is 0 Å². The number of hydrogen-bond acceptors (Lipinski definition) is 3. The summed E-state index contributed by atoms with van der Waals surface area (Å²) in [5.41, 5.74) is -0.168. The summed E-state index contributed by atoms with van der Waals surface area (Å²) < 4.78 is 11.2. The summed E-state index contributed by atoms with van der Waals surface area (Å²) in [6.45, 7) is 13.7. The van der Waals surface area contributed by atoms with Crippen LogP contribution >= 0.6 is 0 Å². The van der Waals surface area contributed by atoms with E-state index < -0.39 is 0 Å². The predicted octanol–water partition coefficient (Wildman–Crippen LogP) is 2.21. The summed E-state index contributed by atoms with van der Waals surface area (Å²) in [7, 11) is 0. The van der Waals surface area contributed by atoms with Crippen LogP contribution in [0.4, 0.5) is 0 Å². The highest BCUT2D eigenvalue weighted by atomic mass is 16.5. The van der Waals surface area contributed by atoms with Crippen molar-refractivity contribution in [1.29, 1.82) is 0 Å². The summed E-state index contributed by atoms with van der Waals surface area (Å²) >= 11 is 0. The first-order valence-corrected chi connectivity index (χ1v) is 6.03. The molecule has 0 heterocycles. The summed E-state index contributed by atoms with van der Waals surface area (Å²) in [6, 6.07) is 0.261. The van der Waals surface area contributed by atoms with E-state index in [1.54, 1.807) is 0 Å². The van der Waals surface area contributed by atoms with Crippen molar-refractivity contribution < 1.29 is 9.47 Å². The van der Waals surface area contributed by atoms with E-state index in [2.05, 4.69) is 26.1 Å². The zero-order chi connectivity index (χ0) is 11.7. The fraction of sp³-hybridized carbons (Fsp3) is 1.00. The predicted molar refractivity (Wildman–Crippen MR) is 64.3 cm³/mol. The number of rotatable bonds is 9. The number of ether oxygens (including phenoxy) is 2.